The van der Waals surface area contributed by atoms with Crippen molar-refractivity contribution in [3.63, 3.8) is 0 Å². The first-order chi connectivity index (χ1) is 16.5. The Balaban J connectivity index is 1.53. The van der Waals surface area contributed by atoms with Gasteiger partial charge in [0.1, 0.15) is 17.5 Å². The van der Waals surface area contributed by atoms with Crippen molar-refractivity contribution >= 4 is 23.5 Å². The molecule has 4 rings (SSSR count). The fourth-order valence-corrected chi connectivity index (χ4v) is 3.77. The molecule has 3 aromatic rings. The number of piperidine rings is 1. The Morgan fingerprint density at radius 3 is 2.82 bits per heavy atom. The number of amides is 2. The zero-order valence-electron chi connectivity index (χ0n) is 18.6. The Hall–Kier alpha value is -3.85. The maximum atomic E-state index is 13.5. The van der Waals surface area contributed by atoms with Gasteiger partial charge in [0.15, 0.2) is 0 Å². The van der Waals surface area contributed by atoms with Crippen LogP contribution < -0.4 is 15.5 Å². The second kappa shape index (κ2) is 10.8. The molecule has 176 valence electrons. The van der Waals surface area contributed by atoms with Crippen LogP contribution in [0, 0.1) is 5.82 Å². The zero-order valence-corrected chi connectivity index (χ0v) is 18.6. The van der Waals surface area contributed by atoms with Crippen LogP contribution >= 0.6 is 0 Å². The molecule has 0 radical (unpaired) electrons. The fourth-order valence-electron chi connectivity index (χ4n) is 3.77. The highest BCUT2D eigenvalue weighted by Gasteiger charge is 2.27. The second-order valence-corrected chi connectivity index (χ2v) is 8.11. The molecule has 8 nitrogen and oxygen atoms in total. The first kappa shape index (κ1) is 23.3. The van der Waals surface area contributed by atoms with E-state index in [1.165, 1.54) is 17.0 Å². The monoisotopic (exact) mass is 463 g/mol. The Morgan fingerprint density at radius 1 is 1.18 bits per heavy atom. The standard InChI is InChI=1S/C25H26FN5O3/c26-19-5-1-3-17(13-19)10-12-28-24-21(25(34)29-15-18-4-2-11-27-14-18)7-8-22(30-24)31-16-20(32)6-9-23(31)33/h1-5,7-8,11,13-14,20,32H,6,9-10,12,15-16H2,(H,28,30)(H,29,34). The Morgan fingerprint density at radius 2 is 2.03 bits per heavy atom. The van der Waals surface area contributed by atoms with Gasteiger partial charge in [-0.05, 0) is 54.3 Å². The quantitative estimate of drug-likeness (QED) is 0.474. The number of benzene rings is 1. The highest BCUT2D eigenvalue weighted by atomic mass is 19.1. The van der Waals surface area contributed by atoms with Gasteiger partial charge in [0.2, 0.25) is 5.91 Å². The van der Waals surface area contributed by atoms with E-state index in [0.717, 1.165) is 11.1 Å². The number of halogens is 1. The van der Waals surface area contributed by atoms with Gasteiger partial charge >= 0.3 is 0 Å². The molecule has 3 N–H and O–H groups in total. The summed E-state index contributed by atoms with van der Waals surface area (Å²) in [4.78, 5) is 35.4. The molecule has 3 heterocycles. The van der Waals surface area contributed by atoms with E-state index in [1.54, 1.807) is 36.7 Å². The number of aliphatic hydroxyl groups excluding tert-OH is 1. The van der Waals surface area contributed by atoms with Crippen LogP contribution in [0.3, 0.4) is 0 Å². The van der Waals surface area contributed by atoms with Crippen molar-refractivity contribution in [3.05, 3.63) is 83.4 Å². The third kappa shape index (κ3) is 5.93. The van der Waals surface area contributed by atoms with Crippen molar-refractivity contribution < 1.29 is 19.1 Å². The molecule has 1 fully saturated rings. The van der Waals surface area contributed by atoms with Crippen molar-refractivity contribution in [1.29, 1.82) is 0 Å². The lowest BCUT2D eigenvalue weighted by molar-refractivity contribution is -0.121. The molecule has 0 spiro atoms. The number of hydrogen-bond acceptors (Lipinski definition) is 6. The largest absolute Gasteiger partial charge is 0.391 e. The van der Waals surface area contributed by atoms with Crippen LogP contribution in [0.15, 0.2) is 60.9 Å². The lowest BCUT2D eigenvalue weighted by Gasteiger charge is -2.29. The third-order valence-corrected chi connectivity index (χ3v) is 5.56. The van der Waals surface area contributed by atoms with Gasteiger partial charge in [-0.2, -0.15) is 0 Å². The Labute approximate surface area is 196 Å². The summed E-state index contributed by atoms with van der Waals surface area (Å²) in [7, 11) is 0. The number of rotatable bonds is 8. The molecule has 1 atom stereocenters. The smallest absolute Gasteiger partial charge is 0.255 e. The van der Waals surface area contributed by atoms with Crippen LogP contribution in [0.2, 0.25) is 0 Å². The van der Waals surface area contributed by atoms with Crippen LogP contribution in [0.25, 0.3) is 0 Å². The molecule has 1 saturated heterocycles. The molecular formula is C25H26FN5O3. The summed E-state index contributed by atoms with van der Waals surface area (Å²) in [6.45, 7) is 0.856. The van der Waals surface area contributed by atoms with Crippen LogP contribution in [0.4, 0.5) is 16.0 Å². The maximum Gasteiger partial charge on any atom is 0.255 e. The molecule has 0 aliphatic carbocycles. The van der Waals surface area contributed by atoms with E-state index in [4.69, 9.17) is 0 Å². The van der Waals surface area contributed by atoms with Gasteiger partial charge in [0.05, 0.1) is 18.2 Å². The predicted octanol–water partition coefficient (Wildman–Crippen LogP) is 2.69. The summed E-state index contributed by atoms with van der Waals surface area (Å²) < 4.78 is 13.5. The molecule has 1 aliphatic rings. The van der Waals surface area contributed by atoms with Gasteiger partial charge in [-0.3, -0.25) is 19.5 Å². The van der Waals surface area contributed by atoms with E-state index in [-0.39, 0.29) is 30.6 Å². The lowest BCUT2D eigenvalue weighted by atomic mass is 10.1. The first-order valence-corrected chi connectivity index (χ1v) is 11.1. The summed E-state index contributed by atoms with van der Waals surface area (Å²) in [5.74, 6) is -0.0972. The molecule has 0 saturated carbocycles. The Kier molecular flexibility index (Phi) is 7.44. The van der Waals surface area contributed by atoms with Gasteiger partial charge in [-0.1, -0.05) is 18.2 Å². The van der Waals surface area contributed by atoms with Crippen LogP contribution in [-0.4, -0.2) is 46.1 Å². The number of pyridine rings is 2. The molecule has 0 bridgehead atoms. The number of hydrogen-bond donors (Lipinski definition) is 3. The van der Waals surface area contributed by atoms with E-state index in [2.05, 4.69) is 20.6 Å². The molecule has 9 heteroatoms. The minimum absolute atomic E-state index is 0.128. The van der Waals surface area contributed by atoms with Gasteiger partial charge in [0.25, 0.3) is 5.91 Å². The van der Waals surface area contributed by atoms with Crippen molar-refractivity contribution in [2.45, 2.75) is 31.9 Å². The zero-order chi connectivity index (χ0) is 23.9. The SMILES string of the molecule is O=C(NCc1cccnc1)c1ccc(N2CC(O)CCC2=O)nc1NCCc1cccc(F)c1. The topological polar surface area (TPSA) is 107 Å². The number of aromatic nitrogens is 2. The van der Waals surface area contributed by atoms with E-state index in [9.17, 15) is 19.1 Å². The molecule has 1 unspecified atom stereocenters. The highest BCUT2D eigenvalue weighted by Crippen LogP contribution is 2.24. The van der Waals surface area contributed by atoms with Gasteiger partial charge in [-0.25, -0.2) is 9.37 Å². The first-order valence-electron chi connectivity index (χ1n) is 11.1. The van der Waals surface area contributed by atoms with Crippen molar-refractivity contribution in [1.82, 2.24) is 15.3 Å². The van der Waals surface area contributed by atoms with Gasteiger partial charge < -0.3 is 15.7 Å². The highest BCUT2D eigenvalue weighted by molar-refractivity contribution is 6.00. The molecule has 1 aromatic carbocycles. The maximum absolute atomic E-state index is 13.5. The number of carbonyl (C=O) groups excluding carboxylic acids is 2. The molecule has 1 aliphatic heterocycles. The molecule has 2 amide bonds. The van der Waals surface area contributed by atoms with E-state index >= 15 is 0 Å². The lowest BCUT2D eigenvalue weighted by Crippen LogP contribution is -2.43. The number of β-amino-alcohol motifs (C(OH)–C–C–N with tert-alkyl or cyclic N) is 1. The number of nitrogens with zero attached hydrogens (tertiary/aromatic N) is 3. The number of carbonyl (C=O) groups is 2. The number of nitrogens with one attached hydrogen (secondary N) is 2. The summed E-state index contributed by atoms with van der Waals surface area (Å²) in [5.41, 5.74) is 1.98. The van der Waals surface area contributed by atoms with Crippen molar-refractivity contribution in [2.75, 3.05) is 23.3 Å². The number of anilines is 2. The van der Waals surface area contributed by atoms with E-state index in [0.29, 0.717) is 43.1 Å². The average Bonchev–Trinajstić information content (AvgIpc) is 2.85. The van der Waals surface area contributed by atoms with E-state index < -0.39 is 6.10 Å². The fraction of sp³-hybridized carbons (Fsp3) is 0.280. The van der Waals surface area contributed by atoms with Crippen molar-refractivity contribution in [2.24, 2.45) is 0 Å². The van der Waals surface area contributed by atoms with Gasteiger partial charge in [0, 0.05) is 31.9 Å². The normalized spacial score (nSPS) is 15.8. The molecular weight excluding hydrogens is 437 g/mol. The average molecular weight is 464 g/mol. The Bertz CT molecular complexity index is 1160. The predicted molar refractivity (Wildman–Crippen MR) is 126 cm³/mol. The summed E-state index contributed by atoms with van der Waals surface area (Å²) in [5, 5.41) is 16.0. The van der Waals surface area contributed by atoms with Crippen LogP contribution in [-0.2, 0) is 17.8 Å². The summed E-state index contributed by atoms with van der Waals surface area (Å²) in [6.07, 6.45) is 3.88. The minimum Gasteiger partial charge on any atom is -0.391 e. The van der Waals surface area contributed by atoms with Gasteiger partial charge in [-0.15, -0.1) is 0 Å². The van der Waals surface area contributed by atoms with Crippen LogP contribution in [0.5, 0.6) is 0 Å². The van der Waals surface area contributed by atoms with Crippen molar-refractivity contribution in [3.8, 4) is 0 Å². The second-order valence-electron chi connectivity index (χ2n) is 8.11. The minimum atomic E-state index is -0.619. The third-order valence-electron chi connectivity index (χ3n) is 5.56. The molecule has 2 aromatic heterocycles. The molecule has 34 heavy (non-hydrogen) atoms. The number of aliphatic hydroxyl groups is 1. The summed E-state index contributed by atoms with van der Waals surface area (Å²) >= 11 is 0. The summed E-state index contributed by atoms with van der Waals surface area (Å²) in [6, 6.07) is 13.2. The van der Waals surface area contributed by atoms with Crippen LogP contribution in [0.1, 0.15) is 34.3 Å². The van der Waals surface area contributed by atoms with E-state index in [1.807, 2.05) is 12.1 Å².